The Morgan fingerprint density at radius 1 is 0.944 bits per heavy atom. The highest BCUT2D eigenvalue weighted by Crippen LogP contribution is 2.32. The van der Waals surface area contributed by atoms with Gasteiger partial charge in [0, 0.05) is 49.8 Å². The zero-order valence-electron chi connectivity index (χ0n) is 22.0. The molecule has 0 unspecified atom stereocenters. The van der Waals surface area contributed by atoms with Crippen LogP contribution in [0.25, 0.3) is 0 Å². The third-order valence-corrected chi connectivity index (χ3v) is 6.14. The maximum atomic E-state index is 13.7. The summed E-state index contributed by atoms with van der Waals surface area (Å²) in [5.74, 6) is -1.25. The van der Waals surface area contributed by atoms with E-state index in [2.05, 4.69) is 12.2 Å². The average Bonchev–Trinajstić information content (AvgIpc) is 2.88. The van der Waals surface area contributed by atoms with Crippen LogP contribution in [0.4, 0.5) is 0 Å². The van der Waals surface area contributed by atoms with Crippen LogP contribution in [0.15, 0.2) is 48.5 Å². The second-order valence-electron chi connectivity index (χ2n) is 9.10. The summed E-state index contributed by atoms with van der Waals surface area (Å²) in [7, 11) is 0. The third-order valence-electron chi connectivity index (χ3n) is 6.14. The number of amides is 2. The molecule has 2 aromatic carbocycles. The molecule has 0 aliphatic heterocycles. The molecule has 2 amide bonds. The van der Waals surface area contributed by atoms with Crippen LogP contribution in [0.3, 0.4) is 0 Å². The number of rotatable bonds is 17. The maximum Gasteiger partial charge on any atom is 0.254 e. The summed E-state index contributed by atoms with van der Waals surface area (Å²) < 4.78 is 5.52. The van der Waals surface area contributed by atoms with E-state index < -0.39 is 17.9 Å². The first-order chi connectivity index (χ1) is 17.4. The standard InChI is InChI=1S/C29H43N3O4/c1-4-16-32(17-5-2)29(35)24-14-10-13-23(28(30)34)27(24)25(20-22-11-8-7-9-12-22)26(33)21-31-15-19-36-18-6-3/h7-14,25-26,31,33H,4-6,15-21H2,1-3H3,(H2,30,34)/t25-,26+/m1/s1. The average molecular weight is 498 g/mol. The van der Waals surface area contributed by atoms with Crippen LogP contribution in [0, 0.1) is 0 Å². The second kappa shape index (κ2) is 16.1. The van der Waals surface area contributed by atoms with Gasteiger partial charge in [0.1, 0.15) is 0 Å². The molecule has 36 heavy (non-hydrogen) atoms. The van der Waals surface area contributed by atoms with Gasteiger partial charge in [0.25, 0.3) is 5.91 Å². The number of hydrogen-bond acceptors (Lipinski definition) is 5. The van der Waals surface area contributed by atoms with E-state index in [1.165, 1.54) is 0 Å². The number of nitrogens with two attached hydrogens (primary N) is 1. The van der Waals surface area contributed by atoms with Crippen molar-refractivity contribution < 1.29 is 19.4 Å². The minimum Gasteiger partial charge on any atom is -0.391 e. The molecule has 7 nitrogen and oxygen atoms in total. The summed E-state index contributed by atoms with van der Waals surface area (Å²) >= 11 is 0. The number of carbonyl (C=O) groups is 2. The van der Waals surface area contributed by atoms with Crippen LogP contribution in [0.5, 0.6) is 0 Å². The predicted molar refractivity (Wildman–Crippen MR) is 144 cm³/mol. The van der Waals surface area contributed by atoms with Gasteiger partial charge in [-0.3, -0.25) is 9.59 Å². The molecule has 0 aromatic heterocycles. The molecule has 0 radical (unpaired) electrons. The Kier molecular flexibility index (Phi) is 13.2. The monoisotopic (exact) mass is 497 g/mol. The summed E-state index contributed by atoms with van der Waals surface area (Å²) in [6, 6.07) is 14.9. The SMILES string of the molecule is CCCOCCNC[C@H](O)[C@@H](Cc1ccccc1)c1c(C(N)=O)cccc1C(=O)N(CCC)CCC. The van der Waals surface area contributed by atoms with Gasteiger partial charge in [0.05, 0.1) is 12.7 Å². The van der Waals surface area contributed by atoms with Gasteiger partial charge in [0.15, 0.2) is 0 Å². The van der Waals surface area contributed by atoms with Crippen molar-refractivity contribution in [3.05, 3.63) is 70.8 Å². The van der Waals surface area contributed by atoms with Crippen LogP contribution in [-0.4, -0.2) is 67.3 Å². The number of nitrogens with one attached hydrogen (secondary N) is 1. The van der Waals surface area contributed by atoms with Gasteiger partial charge >= 0.3 is 0 Å². The first kappa shape index (κ1) is 29.5. The van der Waals surface area contributed by atoms with Gasteiger partial charge in [-0.05, 0) is 48.9 Å². The van der Waals surface area contributed by atoms with E-state index in [1.807, 2.05) is 49.1 Å². The molecule has 7 heteroatoms. The van der Waals surface area contributed by atoms with Gasteiger partial charge in [-0.1, -0.05) is 57.2 Å². The molecule has 2 rings (SSSR count). The Morgan fingerprint density at radius 3 is 2.22 bits per heavy atom. The fourth-order valence-electron chi connectivity index (χ4n) is 4.47. The number of benzene rings is 2. The molecule has 0 heterocycles. The lowest BCUT2D eigenvalue weighted by Crippen LogP contribution is -2.38. The highest BCUT2D eigenvalue weighted by atomic mass is 16.5. The van der Waals surface area contributed by atoms with E-state index in [4.69, 9.17) is 10.5 Å². The van der Waals surface area contributed by atoms with Crippen LogP contribution in [0.1, 0.15) is 77.8 Å². The smallest absolute Gasteiger partial charge is 0.254 e. The summed E-state index contributed by atoms with van der Waals surface area (Å²) in [5.41, 5.74) is 8.03. The largest absolute Gasteiger partial charge is 0.391 e. The first-order valence-corrected chi connectivity index (χ1v) is 13.2. The lowest BCUT2D eigenvalue weighted by Gasteiger charge is -2.29. The fraction of sp³-hybridized carbons (Fsp3) is 0.517. The topological polar surface area (TPSA) is 105 Å². The van der Waals surface area contributed by atoms with Crippen molar-refractivity contribution in [3.8, 4) is 0 Å². The van der Waals surface area contributed by atoms with Crippen LogP contribution < -0.4 is 11.1 Å². The molecular formula is C29H43N3O4. The molecular weight excluding hydrogens is 454 g/mol. The van der Waals surface area contributed by atoms with Crippen molar-refractivity contribution >= 4 is 11.8 Å². The van der Waals surface area contributed by atoms with Crippen molar-refractivity contribution in [2.45, 2.75) is 58.5 Å². The van der Waals surface area contributed by atoms with Gasteiger partial charge in [-0.2, -0.15) is 0 Å². The Morgan fingerprint density at radius 2 is 1.61 bits per heavy atom. The lowest BCUT2D eigenvalue weighted by atomic mass is 9.81. The van der Waals surface area contributed by atoms with Crippen LogP contribution in [-0.2, 0) is 11.2 Å². The van der Waals surface area contributed by atoms with Gasteiger partial charge in [0.2, 0.25) is 5.91 Å². The third kappa shape index (κ3) is 8.73. The molecule has 0 saturated carbocycles. The Balaban J connectivity index is 2.47. The van der Waals surface area contributed by atoms with Gasteiger partial charge < -0.3 is 25.8 Å². The zero-order valence-corrected chi connectivity index (χ0v) is 22.0. The predicted octanol–water partition coefficient (Wildman–Crippen LogP) is 3.75. The van der Waals surface area contributed by atoms with Crippen molar-refractivity contribution in [2.75, 3.05) is 39.4 Å². The molecule has 0 aliphatic carbocycles. The molecule has 0 aliphatic rings. The van der Waals surface area contributed by atoms with Crippen molar-refractivity contribution in [1.82, 2.24) is 10.2 Å². The Hall–Kier alpha value is -2.74. The molecule has 2 aromatic rings. The summed E-state index contributed by atoms with van der Waals surface area (Å²) in [4.78, 5) is 28.1. The first-order valence-electron chi connectivity index (χ1n) is 13.2. The summed E-state index contributed by atoms with van der Waals surface area (Å²) in [6.07, 6.45) is 2.22. The lowest BCUT2D eigenvalue weighted by molar-refractivity contribution is 0.0751. The minimum absolute atomic E-state index is 0.136. The summed E-state index contributed by atoms with van der Waals surface area (Å²) in [6.45, 7) is 9.52. The molecule has 198 valence electrons. The molecule has 0 spiro atoms. The minimum atomic E-state index is -0.853. The number of ether oxygens (including phenoxy) is 1. The van der Waals surface area contributed by atoms with Crippen molar-refractivity contribution in [1.29, 1.82) is 0 Å². The van der Waals surface area contributed by atoms with E-state index in [0.717, 1.165) is 24.8 Å². The normalized spacial score (nSPS) is 12.8. The Labute approximate surface area is 216 Å². The van der Waals surface area contributed by atoms with E-state index in [1.54, 1.807) is 18.2 Å². The number of primary amides is 1. The second-order valence-corrected chi connectivity index (χ2v) is 9.10. The quantitative estimate of drug-likeness (QED) is 0.289. The van der Waals surface area contributed by atoms with Gasteiger partial charge in [-0.15, -0.1) is 0 Å². The highest BCUT2D eigenvalue weighted by molar-refractivity contribution is 6.02. The van der Waals surface area contributed by atoms with E-state index in [0.29, 0.717) is 56.9 Å². The molecule has 0 bridgehead atoms. The Bertz CT molecular complexity index is 929. The number of nitrogens with zero attached hydrogens (tertiary/aromatic N) is 1. The molecule has 0 saturated heterocycles. The van der Waals surface area contributed by atoms with E-state index in [9.17, 15) is 14.7 Å². The molecule has 0 fully saturated rings. The molecule has 2 atom stereocenters. The number of aliphatic hydroxyl groups excluding tert-OH is 1. The highest BCUT2D eigenvalue weighted by Gasteiger charge is 2.31. The van der Waals surface area contributed by atoms with Crippen molar-refractivity contribution in [2.24, 2.45) is 5.73 Å². The van der Waals surface area contributed by atoms with Crippen molar-refractivity contribution in [3.63, 3.8) is 0 Å². The summed E-state index contributed by atoms with van der Waals surface area (Å²) in [5, 5.41) is 14.7. The van der Waals surface area contributed by atoms with Crippen LogP contribution in [0.2, 0.25) is 0 Å². The number of hydrogen-bond donors (Lipinski definition) is 3. The van der Waals surface area contributed by atoms with E-state index in [-0.39, 0.29) is 11.5 Å². The fourth-order valence-corrected chi connectivity index (χ4v) is 4.47. The molecule has 4 N–H and O–H groups in total. The maximum absolute atomic E-state index is 13.7. The number of aliphatic hydroxyl groups is 1. The number of carbonyl (C=O) groups excluding carboxylic acids is 2. The van der Waals surface area contributed by atoms with Gasteiger partial charge in [-0.25, -0.2) is 0 Å². The van der Waals surface area contributed by atoms with E-state index >= 15 is 0 Å². The zero-order chi connectivity index (χ0) is 26.3. The van der Waals surface area contributed by atoms with Crippen LogP contribution >= 0.6 is 0 Å².